The van der Waals surface area contributed by atoms with Crippen LogP contribution in [0, 0.1) is 12.7 Å². The number of hydrogen-bond donors (Lipinski definition) is 2. The molecule has 0 bridgehead atoms. The maximum atomic E-state index is 13.3. The minimum Gasteiger partial charge on any atom is -0.324 e. The highest BCUT2D eigenvalue weighted by molar-refractivity contribution is 7.89. The number of halogens is 3. The van der Waals surface area contributed by atoms with E-state index in [1.807, 2.05) is 0 Å². The van der Waals surface area contributed by atoms with E-state index < -0.39 is 33.9 Å². The molecular formula is C21H19Cl2FN4O4S. The van der Waals surface area contributed by atoms with Crippen LogP contribution in [0.4, 0.5) is 10.1 Å². The molecule has 33 heavy (non-hydrogen) atoms. The van der Waals surface area contributed by atoms with Crippen LogP contribution in [-0.2, 0) is 27.8 Å². The fraction of sp³-hybridized carbons (Fsp3) is 0.190. The van der Waals surface area contributed by atoms with Crippen LogP contribution < -0.4 is 15.6 Å². The predicted octanol–water partition coefficient (Wildman–Crippen LogP) is 3.16. The van der Waals surface area contributed by atoms with Crippen LogP contribution in [0.5, 0.6) is 0 Å². The molecule has 0 aliphatic rings. The molecule has 0 aliphatic heterocycles. The average Bonchev–Trinajstić information content (AvgIpc) is 2.75. The number of rotatable bonds is 8. The molecule has 2 N–H and O–H groups in total. The lowest BCUT2D eigenvalue weighted by Crippen LogP contribution is -2.30. The monoisotopic (exact) mass is 512 g/mol. The Morgan fingerprint density at radius 1 is 1.18 bits per heavy atom. The molecule has 0 saturated heterocycles. The van der Waals surface area contributed by atoms with Crippen LogP contribution in [0.25, 0.3) is 0 Å². The maximum Gasteiger partial charge on any atom is 0.287 e. The van der Waals surface area contributed by atoms with Crippen molar-refractivity contribution < 1.29 is 17.6 Å². The summed E-state index contributed by atoms with van der Waals surface area (Å²) in [5.41, 5.74) is 0.605. The van der Waals surface area contributed by atoms with Gasteiger partial charge in [0, 0.05) is 12.2 Å². The van der Waals surface area contributed by atoms with Crippen molar-refractivity contribution in [2.24, 2.45) is 0 Å². The van der Waals surface area contributed by atoms with Crippen LogP contribution in [0.3, 0.4) is 0 Å². The average molecular weight is 513 g/mol. The molecule has 0 radical (unpaired) electrons. The molecule has 174 valence electrons. The van der Waals surface area contributed by atoms with Crippen molar-refractivity contribution in [1.29, 1.82) is 0 Å². The summed E-state index contributed by atoms with van der Waals surface area (Å²) in [6.45, 7) is 1.23. The highest BCUT2D eigenvalue weighted by Gasteiger charge is 2.18. The fourth-order valence-corrected chi connectivity index (χ4v) is 4.53. The van der Waals surface area contributed by atoms with Gasteiger partial charge in [-0.2, -0.15) is 5.10 Å². The Balaban J connectivity index is 1.69. The number of carbonyl (C=O) groups excluding carboxylic acids is 1. The number of hydrogen-bond acceptors (Lipinski definition) is 5. The van der Waals surface area contributed by atoms with E-state index in [1.54, 1.807) is 25.1 Å². The first-order valence-electron chi connectivity index (χ1n) is 9.62. The molecule has 1 aromatic heterocycles. The summed E-state index contributed by atoms with van der Waals surface area (Å²) in [5, 5.41) is 6.00. The summed E-state index contributed by atoms with van der Waals surface area (Å²) in [6.07, 6.45) is 1.45. The van der Waals surface area contributed by atoms with Crippen LogP contribution in [0.15, 0.2) is 58.4 Å². The highest BCUT2D eigenvalue weighted by Crippen LogP contribution is 2.20. The smallest absolute Gasteiger partial charge is 0.287 e. The topological polar surface area (TPSA) is 110 Å². The molecule has 8 nitrogen and oxygen atoms in total. The maximum absolute atomic E-state index is 13.3. The molecule has 1 amide bonds. The van der Waals surface area contributed by atoms with E-state index in [0.717, 1.165) is 10.9 Å². The van der Waals surface area contributed by atoms with E-state index >= 15 is 0 Å². The second-order valence-corrected chi connectivity index (χ2v) is 9.60. The molecule has 0 atom stereocenters. The van der Waals surface area contributed by atoms with Crippen molar-refractivity contribution in [3.8, 4) is 0 Å². The van der Waals surface area contributed by atoms with Crippen LogP contribution in [-0.4, -0.2) is 30.7 Å². The van der Waals surface area contributed by atoms with Gasteiger partial charge >= 0.3 is 0 Å². The predicted molar refractivity (Wildman–Crippen MR) is 124 cm³/mol. The Labute approximate surface area is 199 Å². The lowest BCUT2D eigenvalue weighted by molar-refractivity contribution is -0.117. The van der Waals surface area contributed by atoms with Crippen molar-refractivity contribution in [2.45, 2.75) is 24.8 Å². The number of amides is 1. The second kappa shape index (κ2) is 10.4. The number of aryl methyl sites for hydroxylation is 1. The largest absolute Gasteiger partial charge is 0.324 e. The van der Waals surface area contributed by atoms with Gasteiger partial charge in [-0.25, -0.2) is 22.2 Å². The zero-order valence-corrected chi connectivity index (χ0v) is 19.6. The van der Waals surface area contributed by atoms with Crippen molar-refractivity contribution in [2.75, 3.05) is 11.9 Å². The Morgan fingerprint density at radius 2 is 1.94 bits per heavy atom. The van der Waals surface area contributed by atoms with E-state index in [-0.39, 0.29) is 27.2 Å². The molecule has 0 unspecified atom stereocenters. The van der Waals surface area contributed by atoms with Gasteiger partial charge < -0.3 is 5.32 Å². The quantitative estimate of drug-likeness (QED) is 0.481. The van der Waals surface area contributed by atoms with E-state index in [2.05, 4.69) is 15.1 Å². The van der Waals surface area contributed by atoms with Gasteiger partial charge in [0.2, 0.25) is 15.9 Å². The van der Waals surface area contributed by atoms with Gasteiger partial charge in [0.05, 0.1) is 16.1 Å². The fourth-order valence-electron chi connectivity index (χ4n) is 2.96. The summed E-state index contributed by atoms with van der Waals surface area (Å²) >= 11 is 11.5. The molecule has 3 rings (SSSR count). The zero-order chi connectivity index (χ0) is 24.2. The first-order chi connectivity index (χ1) is 15.6. The molecule has 0 saturated carbocycles. The molecule has 0 fully saturated rings. The lowest BCUT2D eigenvalue weighted by atomic mass is 10.1. The van der Waals surface area contributed by atoms with Gasteiger partial charge in [-0.1, -0.05) is 41.4 Å². The van der Waals surface area contributed by atoms with Gasteiger partial charge in [0.25, 0.3) is 5.56 Å². The van der Waals surface area contributed by atoms with Crippen molar-refractivity contribution in [3.05, 3.63) is 86.0 Å². The summed E-state index contributed by atoms with van der Waals surface area (Å²) < 4.78 is 42.1. The summed E-state index contributed by atoms with van der Waals surface area (Å²) in [7, 11) is -3.90. The number of nitrogens with one attached hydrogen (secondary N) is 2. The number of nitrogens with zero attached hydrogens (tertiary/aromatic N) is 2. The Morgan fingerprint density at radius 3 is 2.67 bits per heavy atom. The van der Waals surface area contributed by atoms with Crippen molar-refractivity contribution >= 4 is 44.8 Å². The summed E-state index contributed by atoms with van der Waals surface area (Å²) in [5.74, 6) is -1.01. The van der Waals surface area contributed by atoms with Gasteiger partial charge in [-0.05, 0) is 48.7 Å². The molecule has 12 heteroatoms. The first kappa shape index (κ1) is 24.8. The number of benzene rings is 2. The standard InChI is InChI=1S/C21H19Cl2FN4O4S/c1-13-5-6-16(27-19(29)12-28-21(30)20(23)17(22)11-25-28)10-18(13)33(31,32)26-8-7-14-3-2-4-15(24)9-14/h2-6,9-11,26H,7-8,12H2,1H3,(H,27,29). The van der Waals surface area contributed by atoms with Gasteiger partial charge in [0.1, 0.15) is 17.4 Å². The lowest BCUT2D eigenvalue weighted by Gasteiger charge is -2.12. The minimum absolute atomic E-state index is 0.0237. The third kappa shape index (κ3) is 6.38. The van der Waals surface area contributed by atoms with Gasteiger partial charge in [0.15, 0.2) is 0 Å². The second-order valence-electron chi connectivity index (χ2n) is 7.08. The first-order valence-corrected chi connectivity index (χ1v) is 11.9. The van der Waals surface area contributed by atoms with Crippen LogP contribution in [0.2, 0.25) is 10.0 Å². The summed E-state index contributed by atoms with van der Waals surface area (Å²) in [4.78, 5) is 24.4. The number of carbonyl (C=O) groups is 1. The van der Waals surface area contributed by atoms with Crippen LogP contribution >= 0.6 is 23.2 Å². The van der Waals surface area contributed by atoms with Gasteiger partial charge in [-0.15, -0.1) is 0 Å². The SMILES string of the molecule is Cc1ccc(NC(=O)Cn2ncc(Cl)c(Cl)c2=O)cc1S(=O)(=O)NCCc1cccc(F)c1. The Kier molecular flexibility index (Phi) is 7.85. The van der Waals surface area contributed by atoms with E-state index in [0.29, 0.717) is 17.5 Å². The van der Waals surface area contributed by atoms with Crippen molar-refractivity contribution in [3.63, 3.8) is 0 Å². The van der Waals surface area contributed by atoms with Crippen molar-refractivity contribution in [1.82, 2.24) is 14.5 Å². The molecule has 2 aromatic carbocycles. The number of anilines is 1. The van der Waals surface area contributed by atoms with E-state index in [4.69, 9.17) is 23.2 Å². The highest BCUT2D eigenvalue weighted by atomic mass is 35.5. The summed E-state index contributed by atoms with van der Waals surface area (Å²) in [6, 6.07) is 10.3. The minimum atomic E-state index is -3.90. The Bertz CT molecular complexity index is 1360. The van der Waals surface area contributed by atoms with E-state index in [1.165, 1.54) is 24.3 Å². The van der Waals surface area contributed by atoms with Crippen LogP contribution in [0.1, 0.15) is 11.1 Å². The third-order valence-corrected chi connectivity index (χ3v) is 6.94. The molecule has 3 aromatic rings. The molecule has 1 heterocycles. The molecule has 0 aliphatic carbocycles. The normalized spacial score (nSPS) is 11.4. The number of aromatic nitrogens is 2. The van der Waals surface area contributed by atoms with Gasteiger partial charge in [-0.3, -0.25) is 9.59 Å². The third-order valence-electron chi connectivity index (χ3n) is 4.59. The molecule has 0 spiro atoms. The zero-order valence-electron chi connectivity index (χ0n) is 17.3. The number of sulfonamides is 1. The Hall–Kier alpha value is -2.79. The molecular weight excluding hydrogens is 494 g/mol. The van der Waals surface area contributed by atoms with E-state index in [9.17, 15) is 22.4 Å².